The van der Waals surface area contributed by atoms with Gasteiger partial charge in [0.05, 0.1) is 5.02 Å². The maximum Gasteiger partial charge on any atom is 0.573 e. The second-order valence-corrected chi connectivity index (χ2v) is 3.92. The standard InChI is InChI=1S/C10H10ClF3N2O2/c11-6-3-5(7(15)4-9(16)17)1-2-8(6)18-10(12,13)14/h1-3,7H,4,15H2,(H2,16,17). The van der Waals surface area contributed by atoms with Crippen LogP contribution in [0.4, 0.5) is 13.2 Å². The molecule has 1 aromatic carbocycles. The molecule has 0 heterocycles. The van der Waals surface area contributed by atoms with Gasteiger partial charge < -0.3 is 16.2 Å². The summed E-state index contributed by atoms with van der Waals surface area (Å²) in [6, 6.07) is 2.81. The fraction of sp³-hybridized carbons (Fsp3) is 0.300. The van der Waals surface area contributed by atoms with Gasteiger partial charge in [-0.3, -0.25) is 4.79 Å². The van der Waals surface area contributed by atoms with E-state index < -0.39 is 24.1 Å². The number of ether oxygens (including phenoxy) is 1. The number of carbonyl (C=O) groups is 1. The number of rotatable bonds is 4. The number of halogens is 4. The Bertz CT molecular complexity index is 451. The first-order valence-corrected chi connectivity index (χ1v) is 5.16. The molecule has 1 aromatic rings. The third kappa shape index (κ3) is 4.42. The quantitative estimate of drug-likeness (QED) is 0.888. The van der Waals surface area contributed by atoms with Crippen molar-refractivity contribution in [3.63, 3.8) is 0 Å². The van der Waals surface area contributed by atoms with Crippen LogP contribution >= 0.6 is 11.6 Å². The summed E-state index contributed by atoms with van der Waals surface area (Å²) in [6.45, 7) is 0. The van der Waals surface area contributed by atoms with Gasteiger partial charge in [-0.15, -0.1) is 13.2 Å². The molecule has 4 N–H and O–H groups in total. The molecule has 100 valence electrons. The summed E-state index contributed by atoms with van der Waals surface area (Å²) in [5.74, 6) is -1.14. The predicted octanol–water partition coefficient (Wildman–Crippen LogP) is 2.11. The zero-order chi connectivity index (χ0) is 13.9. The molecule has 1 atom stereocenters. The van der Waals surface area contributed by atoms with Crippen molar-refractivity contribution in [3.8, 4) is 5.75 Å². The summed E-state index contributed by atoms with van der Waals surface area (Å²) in [6.07, 6.45) is -4.95. The van der Waals surface area contributed by atoms with E-state index in [9.17, 15) is 18.0 Å². The molecular weight excluding hydrogens is 273 g/mol. The average molecular weight is 283 g/mol. The molecule has 8 heteroatoms. The Morgan fingerprint density at radius 2 is 2.06 bits per heavy atom. The Labute approximate surface area is 106 Å². The zero-order valence-electron chi connectivity index (χ0n) is 9.00. The van der Waals surface area contributed by atoms with Crippen LogP contribution in [0.5, 0.6) is 5.75 Å². The molecule has 1 amide bonds. The lowest BCUT2D eigenvalue weighted by atomic mass is 10.0. The largest absolute Gasteiger partial charge is 0.573 e. The number of benzene rings is 1. The molecule has 4 nitrogen and oxygen atoms in total. The normalized spacial score (nSPS) is 13.2. The number of carbonyl (C=O) groups excluding carboxylic acids is 1. The molecule has 0 fully saturated rings. The molecule has 0 aliphatic carbocycles. The lowest BCUT2D eigenvalue weighted by Gasteiger charge is -2.14. The highest BCUT2D eigenvalue weighted by Gasteiger charge is 2.32. The van der Waals surface area contributed by atoms with Gasteiger partial charge in [0.25, 0.3) is 0 Å². The van der Waals surface area contributed by atoms with Crippen LogP contribution in [0.15, 0.2) is 18.2 Å². The highest BCUT2D eigenvalue weighted by Crippen LogP contribution is 2.32. The first-order valence-electron chi connectivity index (χ1n) is 4.78. The molecule has 0 bridgehead atoms. The smallest absolute Gasteiger partial charge is 0.404 e. The Morgan fingerprint density at radius 3 is 2.50 bits per heavy atom. The van der Waals surface area contributed by atoms with Crippen molar-refractivity contribution in [2.75, 3.05) is 0 Å². The monoisotopic (exact) mass is 282 g/mol. The Balaban J connectivity index is 2.88. The second kappa shape index (κ2) is 5.45. The Hall–Kier alpha value is -1.47. The highest BCUT2D eigenvalue weighted by atomic mass is 35.5. The van der Waals surface area contributed by atoms with Crippen molar-refractivity contribution >= 4 is 17.5 Å². The fourth-order valence-electron chi connectivity index (χ4n) is 1.29. The van der Waals surface area contributed by atoms with Gasteiger partial charge in [0.1, 0.15) is 5.75 Å². The van der Waals surface area contributed by atoms with Crippen LogP contribution in [0.3, 0.4) is 0 Å². The maximum atomic E-state index is 12.0. The molecule has 1 unspecified atom stereocenters. The van der Waals surface area contributed by atoms with Crippen LogP contribution < -0.4 is 16.2 Å². The lowest BCUT2D eigenvalue weighted by Crippen LogP contribution is -2.21. The van der Waals surface area contributed by atoms with Crippen molar-refractivity contribution in [2.24, 2.45) is 11.5 Å². The Kier molecular flexibility index (Phi) is 4.42. The molecule has 0 aromatic heterocycles. The van der Waals surface area contributed by atoms with E-state index in [0.29, 0.717) is 5.56 Å². The van der Waals surface area contributed by atoms with E-state index in [1.54, 1.807) is 0 Å². The van der Waals surface area contributed by atoms with Gasteiger partial charge in [-0.1, -0.05) is 17.7 Å². The zero-order valence-corrected chi connectivity index (χ0v) is 9.76. The number of alkyl halides is 3. The predicted molar refractivity (Wildman–Crippen MR) is 58.9 cm³/mol. The van der Waals surface area contributed by atoms with Gasteiger partial charge in [-0.2, -0.15) is 0 Å². The van der Waals surface area contributed by atoms with E-state index in [1.165, 1.54) is 12.1 Å². The van der Waals surface area contributed by atoms with E-state index in [1.807, 2.05) is 0 Å². The minimum absolute atomic E-state index is 0.129. The SMILES string of the molecule is NC(=O)CC(N)c1ccc(OC(F)(F)F)c(Cl)c1. The average Bonchev–Trinajstić information content (AvgIpc) is 2.18. The van der Waals surface area contributed by atoms with Gasteiger partial charge >= 0.3 is 6.36 Å². The lowest BCUT2D eigenvalue weighted by molar-refractivity contribution is -0.274. The first-order chi connectivity index (χ1) is 8.19. The van der Waals surface area contributed by atoms with Crippen LogP contribution in [0.25, 0.3) is 0 Å². The maximum absolute atomic E-state index is 12.0. The molecular formula is C10H10ClF3N2O2. The molecule has 1 rings (SSSR count). The molecule has 0 saturated heterocycles. The molecule has 0 aliphatic heterocycles. The summed E-state index contributed by atoms with van der Waals surface area (Å²) in [5.41, 5.74) is 11.0. The molecule has 0 spiro atoms. The fourth-order valence-corrected chi connectivity index (χ4v) is 1.52. The van der Waals surface area contributed by atoms with Crippen LogP contribution in [-0.2, 0) is 4.79 Å². The summed E-state index contributed by atoms with van der Waals surface area (Å²) in [5, 5.41) is -0.246. The van der Waals surface area contributed by atoms with Crippen LogP contribution in [0.2, 0.25) is 5.02 Å². The number of primary amides is 1. The third-order valence-corrected chi connectivity index (χ3v) is 2.33. The van der Waals surface area contributed by atoms with Crippen molar-refractivity contribution in [2.45, 2.75) is 18.8 Å². The highest BCUT2D eigenvalue weighted by molar-refractivity contribution is 6.32. The molecule has 18 heavy (non-hydrogen) atoms. The molecule has 0 saturated carbocycles. The van der Waals surface area contributed by atoms with Crippen LogP contribution in [-0.4, -0.2) is 12.3 Å². The Morgan fingerprint density at radius 1 is 1.44 bits per heavy atom. The molecule has 0 radical (unpaired) electrons. The van der Waals surface area contributed by atoms with Crippen molar-refractivity contribution < 1.29 is 22.7 Å². The molecule has 0 aliphatic rings. The number of nitrogens with two attached hydrogens (primary N) is 2. The van der Waals surface area contributed by atoms with E-state index in [4.69, 9.17) is 23.1 Å². The van der Waals surface area contributed by atoms with Crippen molar-refractivity contribution in [3.05, 3.63) is 28.8 Å². The topological polar surface area (TPSA) is 78.3 Å². The van der Waals surface area contributed by atoms with Crippen LogP contribution in [0.1, 0.15) is 18.0 Å². The van der Waals surface area contributed by atoms with E-state index in [-0.39, 0.29) is 11.4 Å². The van der Waals surface area contributed by atoms with Gasteiger partial charge in [-0.25, -0.2) is 0 Å². The number of hydrogen-bond donors (Lipinski definition) is 2. The summed E-state index contributed by atoms with van der Waals surface area (Å²) < 4.78 is 39.6. The summed E-state index contributed by atoms with van der Waals surface area (Å²) >= 11 is 5.62. The van der Waals surface area contributed by atoms with Gasteiger partial charge in [-0.05, 0) is 17.7 Å². The van der Waals surface area contributed by atoms with Gasteiger partial charge in [0.2, 0.25) is 5.91 Å². The van der Waals surface area contributed by atoms with E-state index >= 15 is 0 Å². The van der Waals surface area contributed by atoms with Gasteiger partial charge in [0.15, 0.2) is 0 Å². The van der Waals surface area contributed by atoms with Gasteiger partial charge in [0, 0.05) is 12.5 Å². The summed E-state index contributed by atoms with van der Waals surface area (Å²) in [7, 11) is 0. The third-order valence-electron chi connectivity index (χ3n) is 2.03. The van der Waals surface area contributed by atoms with Crippen molar-refractivity contribution in [1.29, 1.82) is 0 Å². The van der Waals surface area contributed by atoms with E-state index in [0.717, 1.165) is 6.07 Å². The van der Waals surface area contributed by atoms with Crippen molar-refractivity contribution in [1.82, 2.24) is 0 Å². The second-order valence-electron chi connectivity index (χ2n) is 3.51. The first kappa shape index (κ1) is 14.6. The van der Waals surface area contributed by atoms with E-state index in [2.05, 4.69) is 4.74 Å². The minimum atomic E-state index is -4.82. The minimum Gasteiger partial charge on any atom is -0.404 e. The summed E-state index contributed by atoms with van der Waals surface area (Å²) in [4.78, 5) is 10.7. The number of hydrogen-bond acceptors (Lipinski definition) is 3. The van der Waals surface area contributed by atoms with Crippen LogP contribution in [0, 0.1) is 0 Å². The number of amides is 1.